The van der Waals surface area contributed by atoms with Crippen molar-refractivity contribution < 1.29 is 0 Å². The average Bonchev–Trinajstić information content (AvgIpc) is 2.27. The average molecular weight is 248 g/mol. The van der Waals surface area contributed by atoms with Crippen LogP contribution < -0.4 is 5.32 Å². The van der Waals surface area contributed by atoms with Gasteiger partial charge in [-0.25, -0.2) is 0 Å². The maximum atomic E-state index is 3.55. The number of nitrogens with zero attached hydrogens (tertiary/aromatic N) is 1. The lowest BCUT2D eigenvalue weighted by atomic mass is 9.86. The van der Waals surface area contributed by atoms with Crippen LogP contribution in [0.15, 0.2) is 24.3 Å². The van der Waals surface area contributed by atoms with Crippen molar-refractivity contribution in [3.8, 4) is 0 Å². The summed E-state index contributed by atoms with van der Waals surface area (Å²) < 4.78 is 0. The van der Waals surface area contributed by atoms with Crippen LogP contribution >= 0.6 is 0 Å². The molecule has 0 saturated heterocycles. The molecule has 102 valence electrons. The standard InChI is InChI=1S/C16H28N2/c1-7-17-15(12-18(5)6)13-8-10-14(11-9-13)16(2,3)4/h8-11,15,17H,7,12H2,1-6H3. The maximum Gasteiger partial charge on any atom is 0.0448 e. The molecule has 1 unspecified atom stereocenters. The summed E-state index contributed by atoms with van der Waals surface area (Å²) in [5, 5.41) is 3.55. The van der Waals surface area contributed by atoms with Gasteiger partial charge in [0, 0.05) is 12.6 Å². The Labute approximate surface area is 112 Å². The predicted molar refractivity (Wildman–Crippen MR) is 80.1 cm³/mol. The molecular weight excluding hydrogens is 220 g/mol. The molecule has 0 aliphatic heterocycles. The third-order valence-electron chi connectivity index (χ3n) is 3.18. The van der Waals surface area contributed by atoms with Gasteiger partial charge in [0.1, 0.15) is 0 Å². The first-order valence-electron chi connectivity index (χ1n) is 6.83. The molecule has 1 atom stereocenters. The minimum absolute atomic E-state index is 0.230. The topological polar surface area (TPSA) is 15.3 Å². The molecule has 0 aliphatic rings. The van der Waals surface area contributed by atoms with E-state index in [1.54, 1.807) is 0 Å². The molecule has 18 heavy (non-hydrogen) atoms. The summed E-state index contributed by atoms with van der Waals surface area (Å²) in [6, 6.07) is 9.46. The normalized spacial score (nSPS) is 13.9. The predicted octanol–water partition coefficient (Wildman–Crippen LogP) is 3.20. The van der Waals surface area contributed by atoms with Gasteiger partial charge in [0.15, 0.2) is 0 Å². The Morgan fingerprint density at radius 1 is 1.11 bits per heavy atom. The van der Waals surface area contributed by atoms with Crippen molar-refractivity contribution in [3.63, 3.8) is 0 Å². The summed E-state index contributed by atoms with van der Waals surface area (Å²) in [5.41, 5.74) is 3.00. The molecule has 0 radical (unpaired) electrons. The zero-order valence-corrected chi connectivity index (χ0v) is 12.7. The fourth-order valence-corrected chi connectivity index (χ4v) is 2.11. The smallest absolute Gasteiger partial charge is 0.0448 e. The van der Waals surface area contributed by atoms with Crippen molar-refractivity contribution in [3.05, 3.63) is 35.4 Å². The molecule has 2 heteroatoms. The Morgan fingerprint density at radius 3 is 2.06 bits per heavy atom. The van der Waals surface area contributed by atoms with Gasteiger partial charge in [0.25, 0.3) is 0 Å². The molecule has 0 heterocycles. The van der Waals surface area contributed by atoms with Crippen LogP contribution in [0.2, 0.25) is 0 Å². The molecule has 1 aromatic carbocycles. The second kappa shape index (κ2) is 6.35. The Balaban J connectivity index is 2.86. The summed E-state index contributed by atoms with van der Waals surface area (Å²) in [4.78, 5) is 2.23. The second-order valence-corrected chi connectivity index (χ2v) is 6.24. The van der Waals surface area contributed by atoms with Crippen LogP contribution in [-0.4, -0.2) is 32.1 Å². The van der Waals surface area contributed by atoms with Crippen LogP contribution in [0.4, 0.5) is 0 Å². The van der Waals surface area contributed by atoms with E-state index >= 15 is 0 Å². The summed E-state index contributed by atoms with van der Waals surface area (Å²) in [5.74, 6) is 0. The highest BCUT2D eigenvalue weighted by Crippen LogP contribution is 2.24. The lowest BCUT2D eigenvalue weighted by Gasteiger charge is -2.24. The van der Waals surface area contributed by atoms with E-state index in [0.717, 1.165) is 13.1 Å². The Bertz CT molecular complexity index is 346. The molecule has 0 bridgehead atoms. The van der Waals surface area contributed by atoms with E-state index in [2.05, 4.69) is 76.3 Å². The van der Waals surface area contributed by atoms with E-state index in [9.17, 15) is 0 Å². The summed E-state index contributed by atoms with van der Waals surface area (Å²) in [6.07, 6.45) is 0. The van der Waals surface area contributed by atoms with Gasteiger partial charge in [-0.3, -0.25) is 0 Å². The van der Waals surface area contributed by atoms with Crippen LogP contribution in [0.25, 0.3) is 0 Å². The van der Waals surface area contributed by atoms with Gasteiger partial charge in [0.05, 0.1) is 0 Å². The number of hydrogen-bond acceptors (Lipinski definition) is 2. The van der Waals surface area contributed by atoms with Crippen molar-refractivity contribution >= 4 is 0 Å². The molecule has 0 fully saturated rings. The lowest BCUT2D eigenvalue weighted by molar-refractivity contribution is 0.345. The molecule has 0 spiro atoms. The van der Waals surface area contributed by atoms with Crippen molar-refractivity contribution in [2.24, 2.45) is 0 Å². The number of nitrogens with one attached hydrogen (secondary N) is 1. The minimum Gasteiger partial charge on any atom is -0.309 e. The van der Waals surface area contributed by atoms with E-state index in [-0.39, 0.29) is 5.41 Å². The van der Waals surface area contributed by atoms with Crippen molar-refractivity contribution in [2.75, 3.05) is 27.2 Å². The third-order valence-corrected chi connectivity index (χ3v) is 3.18. The van der Waals surface area contributed by atoms with Crippen LogP contribution in [0, 0.1) is 0 Å². The molecule has 0 aliphatic carbocycles. The maximum absolute atomic E-state index is 3.55. The molecule has 0 saturated carbocycles. The highest BCUT2D eigenvalue weighted by atomic mass is 15.1. The van der Waals surface area contributed by atoms with Gasteiger partial charge in [-0.1, -0.05) is 52.0 Å². The van der Waals surface area contributed by atoms with Gasteiger partial charge >= 0.3 is 0 Å². The summed E-state index contributed by atoms with van der Waals surface area (Å²) in [6.45, 7) is 10.9. The Morgan fingerprint density at radius 2 is 1.67 bits per heavy atom. The molecular formula is C16H28N2. The lowest BCUT2D eigenvalue weighted by Crippen LogP contribution is -2.31. The quantitative estimate of drug-likeness (QED) is 0.861. The van der Waals surface area contributed by atoms with Gasteiger partial charge in [-0.2, -0.15) is 0 Å². The Hall–Kier alpha value is -0.860. The number of benzene rings is 1. The van der Waals surface area contributed by atoms with Crippen molar-refractivity contribution in [1.82, 2.24) is 10.2 Å². The van der Waals surface area contributed by atoms with Crippen LogP contribution in [0.1, 0.15) is 44.9 Å². The minimum atomic E-state index is 0.230. The van der Waals surface area contributed by atoms with Crippen molar-refractivity contribution in [2.45, 2.75) is 39.2 Å². The van der Waals surface area contributed by atoms with Crippen LogP contribution in [-0.2, 0) is 5.41 Å². The highest BCUT2D eigenvalue weighted by Gasteiger charge is 2.15. The van der Waals surface area contributed by atoms with E-state index < -0.39 is 0 Å². The fourth-order valence-electron chi connectivity index (χ4n) is 2.11. The zero-order chi connectivity index (χ0) is 13.8. The molecule has 0 amide bonds. The molecule has 1 rings (SSSR count). The second-order valence-electron chi connectivity index (χ2n) is 6.24. The molecule has 1 N–H and O–H groups in total. The first-order valence-corrected chi connectivity index (χ1v) is 6.83. The molecule has 1 aromatic rings. The highest BCUT2D eigenvalue weighted by molar-refractivity contribution is 5.29. The monoisotopic (exact) mass is 248 g/mol. The first kappa shape index (κ1) is 15.2. The Kier molecular flexibility index (Phi) is 5.36. The van der Waals surface area contributed by atoms with E-state index in [1.165, 1.54) is 11.1 Å². The fraction of sp³-hybridized carbons (Fsp3) is 0.625. The number of hydrogen-bond donors (Lipinski definition) is 1. The molecule has 2 nitrogen and oxygen atoms in total. The first-order chi connectivity index (χ1) is 8.34. The summed E-state index contributed by atoms with van der Waals surface area (Å²) in [7, 11) is 4.24. The van der Waals surface area contributed by atoms with Crippen molar-refractivity contribution in [1.29, 1.82) is 0 Å². The van der Waals surface area contributed by atoms with Gasteiger partial charge in [0.2, 0.25) is 0 Å². The van der Waals surface area contributed by atoms with Crippen LogP contribution in [0.5, 0.6) is 0 Å². The van der Waals surface area contributed by atoms with E-state index in [4.69, 9.17) is 0 Å². The third kappa shape index (κ3) is 4.43. The van der Waals surface area contributed by atoms with Crippen LogP contribution in [0.3, 0.4) is 0 Å². The summed E-state index contributed by atoms with van der Waals surface area (Å²) >= 11 is 0. The number of rotatable bonds is 5. The zero-order valence-electron chi connectivity index (χ0n) is 12.7. The van der Waals surface area contributed by atoms with E-state index in [1.807, 2.05) is 0 Å². The van der Waals surface area contributed by atoms with Gasteiger partial charge in [-0.15, -0.1) is 0 Å². The van der Waals surface area contributed by atoms with Gasteiger partial charge in [-0.05, 0) is 37.2 Å². The van der Waals surface area contributed by atoms with E-state index in [0.29, 0.717) is 6.04 Å². The van der Waals surface area contributed by atoms with Gasteiger partial charge < -0.3 is 10.2 Å². The number of likely N-dealkylation sites (N-methyl/N-ethyl adjacent to an activating group) is 2. The largest absolute Gasteiger partial charge is 0.309 e. The SMILES string of the molecule is CCNC(CN(C)C)c1ccc(C(C)(C)C)cc1. The molecule has 0 aromatic heterocycles.